The maximum atomic E-state index is 12.5. The Balaban J connectivity index is 1.56. The first-order valence-electron chi connectivity index (χ1n) is 8.52. The maximum absolute atomic E-state index is 12.5. The van der Waals surface area contributed by atoms with Gasteiger partial charge in [-0.1, -0.05) is 0 Å². The first kappa shape index (κ1) is 18.4. The summed E-state index contributed by atoms with van der Waals surface area (Å²) in [5.41, 5.74) is 0.751. The number of hydrogen-bond donors (Lipinski definition) is 1. The van der Waals surface area contributed by atoms with E-state index in [1.807, 2.05) is 0 Å². The number of amides is 4. The van der Waals surface area contributed by atoms with E-state index in [0.29, 0.717) is 37.6 Å². The molecule has 0 unspecified atom stereocenters. The third kappa shape index (κ3) is 4.25. The molecule has 2 aromatic heterocycles. The Morgan fingerprint density at radius 3 is 2.44 bits per heavy atom. The molecule has 0 saturated carbocycles. The predicted molar refractivity (Wildman–Crippen MR) is 97.5 cm³/mol. The van der Waals surface area contributed by atoms with Gasteiger partial charge in [-0.05, 0) is 24.3 Å². The van der Waals surface area contributed by atoms with Crippen LogP contribution in [-0.4, -0.2) is 77.8 Å². The number of pyridine rings is 1. The van der Waals surface area contributed by atoms with Crippen molar-refractivity contribution in [2.75, 3.05) is 45.6 Å². The molecule has 0 radical (unpaired) electrons. The Morgan fingerprint density at radius 2 is 1.81 bits per heavy atom. The number of carbonyl (C=O) groups excluding carboxylic acids is 3. The molecule has 0 spiro atoms. The van der Waals surface area contributed by atoms with Gasteiger partial charge in [-0.3, -0.25) is 14.6 Å². The van der Waals surface area contributed by atoms with Crippen molar-refractivity contribution < 1.29 is 18.8 Å². The molecule has 1 aliphatic rings. The lowest BCUT2D eigenvalue weighted by Gasteiger charge is -2.34. The van der Waals surface area contributed by atoms with Crippen molar-refractivity contribution in [3.63, 3.8) is 0 Å². The van der Waals surface area contributed by atoms with E-state index in [-0.39, 0.29) is 23.5 Å². The van der Waals surface area contributed by atoms with Crippen LogP contribution in [0.1, 0.15) is 21.0 Å². The second-order valence-electron chi connectivity index (χ2n) is 6.32. The fraction of sp³-hybridized carbons (Fsp3) is 0.333. The third-order valence-corrected chi connectivity index (χ3v) is 4.22. The minimum Gasteiger partial charge on any atom is -0.459 e. The van der Waals surface area contributed by atoms with E-state index in [4.69, 9.17) is 4.42 Å². The lowest BCUT2D eigenvalue weighted by molar-refractivity contribution is 0.0640. The molecule has 0 atom stereocenters. The SMILES string of the molecule is CN(C)C(=O)c1cc(NC(=O)N2CCN(C(=O)c3ccco3)CC2)ccn1. The number of aromatic nitrogens is 1. The number of anilines is 1. The largest absolute Gasteiger partial charge is 0.459 e. The molecule has 1 saturated heterocycles. The highest BCUT2D eigenvalue weighted by atomic mass is 16.3. The van der Waals surface area contributed by atoms with E-state index in [0.717, 1.165) is 0 Å². The van der Waals surface area contributed by atoms with Crippen LogP contribution in [0.25, 0.3) is 0 Å². The average molecular weight is 371 g/mol. The minimum absolute atomic E-state index is 0.180. The summed E-state index contributed by atoms with van der Waals surface area (Å²) in [6, 6.07) is 6.17. The van der Waals surface area contributed by atoms with Gasteiger partial charge in [0.15, 0.2) is 5.76 Å². The number of piperazine rings is 1. The van der Waals surface area contributed by atoms with Crippen molar-refractivity contribution in [2.45, 2.75) is 0 Å². The molecule has 9 heteroatoms. The standard InChI is InChI=1S/C18H21N5O4/c1-21(2)16(24)14-12-13(5-6-19-14)20-18(26)23-9-7-22(8-10-23)17(25)15-4-3-11-27-15/h3-6,11-12H,7-10H2,1-2H3,(H,19,20,26). The van der Waals surface area contributed by atoms with Crippen molar-refractivity contribution in [3.8, 4) is 0 Å². The van der Waals surface area contributed by atoms with E-state index in [9.17, 15) is 14.4 Å². The normalized spacial score (nSPS) is 14.0. The third-order valence-electron chi connectivity index (χ3n) is 4.22. The second-order valence-corrected chi connectivity index (χ2v) is 6.32. The number of nitrogens with one attached hydrogen (secondary N) is 1. The number of rotatable bonds is 3. The van der Waals surface area contributed by atoms with Gasteiger partial charge in [0.1, 0.15) is 5.69 Å². The minimum atomic E-state index is -0.283. The lowest BCUT2D eigenvalue weighted by atomic mass is 10.2. The molecule has 0 aromatic carbocycles. The molecule has 2 aromatic rings. The molecule has 0 bridgehead atoms. The summed E-state index contributed by atoms with van der Waals surface area (Å²) in [6.07, 6.45) is 2.94. The lowest BCUT2D eigenvalue weighted by Crippen LogP contribution is -2.51. The van der Waals surface area contributed by atoms with E-state index >= 15 is 0 Å². The molecular formula is C18H21N5O4. The highest BCUT2D eigenvalue weighted by Gasteiger charge is 2.26. The summed E-state index contributed by atoms with van der Waals surface area (Å²) >= 11 is 0. The van der Waals surface area contributed by atoms with E-state index in [2.05, 4.69) is 10.3 Å². The van der Waals surface area contributed by atoms with Crippen molar-refractivity contribution >= 4 is 23.5 Å². The van der Waals surface area contributed by atoms with Crippen LogP contribution in [0, 0.1) is 0 Å². The summed E-state index contributed by atoms with van der Waals surface area (Å²) in [7, 11) is 3.28. The molecule has 3 heterocycles. The fourth-order valence-electron chi connectivity index (χ4n) is 2.73. The number of hydrogen-bond acceptors (Lipinski definition) is 5. The summed E-state index contributed by atoms with van der Waals surface area (Å²) < 4.78 is 5.13. The monoisotopic (exact) mass is 371 g/mol. The molecule has 9 nitrogen and oxygen atoms in total. The molecule has 3 rings (SSSR count). The first-order valence-corrected chi connectivity index (χ1v) is 8.52. The summed E-state index contributed by atoms with van der Waals surface area (Å²) in [5.74, 6) is -0.125. The molecule has 4 amide bonds. The van der Waals surface area contributed by atoms with Gasteiger partial charge in [-0.15, -0.1) is 0 Å². The van der Waals surface area contributed by atoms with Crippen LogP contribution in [0.5, 0.6) is 0 Å². The summed E-state index contributed by atoms with van der Waals surface area (Å²) in [5, 5.41) is 2.77. The molecular weight excluding hydrogens is 350 g/mol. The Morgan fingerprint density at radius 1 is 1.11 bits per heavy atom. The number of furan rings is 1. The van der Waals surface area contributed by atoms with Gasteiger partial charge in [-0.25, -0.2) is 4.79 Å². The molecule has 1 aliphatic heterocycles. The topological polar surface area (TPSA) is 99.0 Å². The zero-order valence-corrected chi connectivity index (χ0v) is 15.2. The molecule has 0 aliphatic carbocycles. The molecule has 142 valence electrons. The zero-order chi connectivity index (χ0) is 19.4. The smallest absolute Gasteiger partial charge is 0.321 e. The number of carbonyl (C=O) groups is 3. The quantitative estimate of drug-likeness (QED) is 0.878. The van der Waals surface area contributed by atoms with Gasteiger partial charge in [-0.2, -0.15) is 0 Å². The summed E-state index contributed by atoms with van der Waals surface area (Å²) in [6.45, 7) is 1.67. The zero-order valence-electron chi connectivity index (χ0n) is 15.2. The van der Waals surface area contributed by atoms with Gasteiger partial charge in [0.2, 0.25) is 0 Å². The van der Waals surface area contributed by atoms with Crippen LogP contribution < -0.4 is 5.32 Å². The van der Waals surface area contributed by atoms with Gasteiger partial charge in [0, 0.05) is 52.2 Å². The Hall–Kier alpha value is -3.36. The Bertz CT molecular complexity index is 826. The Labute approximate surface area is 156 Å². The molecule has 27 heavy (non-hydrogen) atoms. The van der Waals surface area contributed by atoms with E-state index < -0.39 is 0 Å². The first-order chi connectivity index (χ1) is 13.0. The maximum Gasteiger partial charge on any atom is 0.321 e. The van der Waals surface area contributed by atoms with Crippen LogP contribution in [0.3, 0.4) is 0 Å². The number of urea groups is 1. The van der Waals surface area contributed by atoms with E-state index in [1.165, 1.54) is 23.4 Å². The second kappa shape index (κ2) is 7.90. The number of nitrogens with zero attached hydrogens (tertiary/aromatic N) is 4. The van der Waals surface area contributed by atoms with Crippen LogP contribution in [0.4, 0.5) is 10.5 Å². The van der Waals surface area contributed by atoms with Crippen LogP contribution >= 0.6 is 0 Å². The highest BCUT2D eigenvalue weighted by molar-refractivity contribution is 5.95. The van der Waals surface area contributed by atoms with Gasteiger partial charge in [0.05, 0.1) is 6.26 Å². The molecule has 1 N–H and O–H groups in total. The van der Waals surface area contributed by atoms with Crippen molar-refractivity contribution in [1.82, 2.24) is 19.7 Å². The van der Waals surface area contributed by atoms with Crippen LogP contribution in [-0.2, 0) is 0 Å². The highest BCUT2D eigenvalue weighted by Crippen LogP contribution is 2.13. The van der Waals surface area contributed by atoms with Gasteiger partial charge in [0.25, 0.3) is 11.8 Å². The van der Waals surface area contributed by atoms with Crippen molar-refractivity contribution in [1.29, 1.82) is 0 Å². The van der Waals surface area contributed by atoms with Crippen molar-refractivity contribution in [3.05, 3.63) is 48.2 Å². The fourth-order valence-corrected chi connectivity index (χ4v) is 2.73. The van der Waals surface area contributed by atoms with Gasteiger partial charge < -0.3 is 24.4 Å². The van der Waals surface area contributed by atoms with Crippen LogP contribution in [0.15, 0.2) is 41.1 Å². The van der Waals surface area contributed by atoms with Gasteiger partial charge >= 0.3 is 6.03 Å². The summed E-state index contributed by atoms with van der Waals surface area (Å²) in [4.78, 5) is 45.4. The predicted octanol–water partition coefficient (Wildman–Crippen LogP) is 1.37. The average Bonchev–Trinajstić information content (AvgIpc) is 3.22. The van der Waals surface area contributed by atoms with Crippen LogP contribution in [0.2, 0.25) is 0 Å². The molecule has 1 fully saturated rings. The van der Waals surface area contributed by atoms with E-state index in [1.54, 1.807) is 42.1 Å². The Kier molecular flexibility index (Phi) is 5.39. The van der Waals surface area contributed by atoms with Crippen molar-refractivity contribution in [2.24, 2.45) is 0 Å².